The van der Waals surface area contributed by atoms with Crippen LogP contribution in [0, 0.1) is 0 Å². The van der Waals surface area contributed by atoms with E-state index in [9.17, 15) is 9.59 Å². The van der Waals surface area contributed by atoms with Crippen LogP contribution in [-0.2, 0) is 25.3 Å². The number of hydrogen-bond donors (Lipinski definition) is 0. The number of nitrogens with zero attached hydrogens (tertiary/aromatic N) is 4. The van der Waals surface area contributed by atoms with Crippen LogP contribution in [0.15, 0.2) is 15.8 Å². The van der Waals surface area contributed by atoms with Crippen LogP contribution >= 0.6 is 0 Å². The Labute approximate surface area is 127 Å². The predicted octanol–water partition coefficient (Wildman–Crippen LogP) is 0.0312. The van der Waals surface area contributed by atoms with Crippen LogP contribution in [0.4, 0.5) is 5.69 Å². The van der Waals surface area contributed by atoms with Gasteiger partial charge < -0.3 is 9.64 Å². The minimum absolute atomic E-state index is 0.289. The van der Waals surface area contributed by atoms with Crippen LogP contribution in [0.1, 0.15) is 12.5 Å². The quantitative estimate of drug-likeness (QED) is 0.783. The number of aryl methyl sites for hydroxylation is 2. The second-order valence-corrected chi connectivity index (χ2v) is 5.49. The average molecular weight is 304 g/mol. The molecule has 7 nitrogen and oxygen atoms in total. The zero-order chi connectivity index (χ0) is 15.9. The van der Waals surface area contributed by atoms with Gasteiger partial charge in [0.05, 0.1) is 18.9 Å². The van der Waals surface area contributed by atoms with Crippen LogP contribution in [0.2, 0.25) is 0 Å². The largest absolute Gasteiger partial charge is 0.378 e. The molecule has 0 aromatic carbocycles. The van der Waals surface area contributed by atoms with E-state index in [0.717, 1.165) is 35.3 Å². The topological polar surface area (TPSA) is 69.4 Å². The van der Waals surface area contributed by atoms with Gasteiger partial charge in [-0.15, -0.1) is 0 Å². The second kappa shape index (κ2) is 5.57. The number of morpholine rings is 1. The molecule has 22 heavy (non-hydrogen) atoms. The molecule has 2 aromatic heterocycles. The van der Waals surface area contributed by atoms with Crippen LogP contribution < -0.4 is 16.1 Å². The molecule has 0 bridgehead atoms. The standard InChI is InChI=1S/C15H20N4O3/c1-4-10-9-16-13-11(12(10)19-5-7-22-8-6-19)14(20)18(3)15(21)17(13)2/h9H,4-8H2,1-3H3. The van der Waals surface area contributed by atoms with Gasteiger partial charge in [0.15, 0.2) is 5.65 Å². The fourth-order valence-corrected chi connectivity index (χ4v) is 2.96. The fourth-order valence-electron chi connectivity index (χ4n) is 2.96. The molecule has 1 aliphatic heterocycles. The number of ether oxygens (including phenoxy) is 1. The third kappa shape index (κ3) is 2.12. The lowest BCUT2D eigenvalue weighted by Crippen LogP contribution is -2.41. The maximum Gasteiger partial charge on any atom is 0.332 e. The molecule has 2 aromatic rings. The molecule has 3 heterocycles. The summed E-state index contributed by atoms with van der Waals surface area (Å²) in [4.78, 5) is 31.3. The minimum Gasteiger partial charge on any atom is -0.378 e. The van der Waals surface area contributed by atoms with Crippen LogP contribution in [-0.4, -0.2) is 40.4 Å². The zero-order valence-electron chi connectivity index (χ0n) is 13.1. The molecule has 1 fully saturated rings. The Morgan fingerprint density at radius 2 is 1.86 bits per heavy atom. The molecular formula is C15H20N4O3. The molecule has 0 atom stereocenters. The third-order valence-corrected chi connectivity index (χ3v) is 4.23. The monoisotopic (exact) mass is 304 g/mol. The van der Waals surface area contributed by atoms with Gasteiger partial charge in [0, 0.05) is 33.4 Å². The molecule has 0 unspecified atom stereocenters. The van der Waals surface area contributed by atoms with Gasteiger partial charge >= 0.3 is 5.69 Å². The lowest BCUT2D eigenvalue weighted by atomic mass is 10.1. The summed E-state index contributed by atoms with van der Waals surface area (Å²) < 4.78 is 7.98. The maximum absolute atomic E-state index is 12.7. The summed E-state index contributed by atoms with van der Waals surface area (Å²) in [5.74, 6) is 0. The van der Waals surface area contributed by atoms with Crippen molar-refractivity contribution in [2.24, 2.45) is 14.1 Å². The summed E-state index contributed by atoms with van der Waals surface area (Å²) in [5, 5.41) is 0.519. The molecule has 1 saturated heterocycles. The number of fused-ring (bicyclic) bond motifs is 1. The normalized spacial score (nSPS) is 15.5. The summed E-state index contributed by atoms with van der Waals surface area (Å²) in [7, 11) is 3.15. The molecule has 7 heteroatoms. The van der Waals surface area contributed by atoms with Crippen molar-refractivity contribution >= 4 is 16.7 Å². The van der Waals surface area contributed by atoms with E-state index in [1.807, 2.05) is 6.92 Å². The second-order valence-electron chi connectivity index (χ2n) is 5.49. The van der Waals surface area contributed by atoms with Gasteiger partial charge in [-0.3, -0.25) is 13.9 Å². The molecule has 118 valence electrons. The van der Waals surface area contributed by atoms with Gasteiger partial charge in [-0.1, -0.05) is 6.92 Å². The molecule has 1 aliphatic rings. The number of aromatic nitrogens is 3. The molecule has 0 saturated carbocycles. The van der Waals surface area contributed by atoms with Gasteiger partial charge in [0.1, 0.15) is 5.39 Å². The van der Waals surface area contributed by atoms with E-state index in [4.69, 9.17) is 4.74 Å². The minimum atomic E-state index is -0.359. The lowest BCUT2D eigenvalue weighted by molar-refractivity contribution is 0.122. The SMILES string of the molecule is CCc1cnc2c(c1N1CCOCC1)c(=O)n(C)c(=O)n2C. The average Bonchev–Trinajstić information content (AvgIpc) is 2.57. The number of anilines is 1. The molecule has 3 rings (SSSR count). The maximum atomic E-state index is 12.7. The van der Waals surface area contributed by atoms with E-state index < -0.39 is 0 Å². The van der Waals surface area contributed by atoms with Gasteiger partial charge in [-0.2, -0.15) is 0 Å². The van der Waals surface area contributed by atoms with Crippen molar-refractivity contribution in [3.8, 4) is 0 Å². The molecule has 0 N–H and O–H groups in total. The van der Waals surface area contributed by atoms with E-state index in [-0.39, 0.29) is 11.2 Å². The van der Waals surface area contributed by atoms with E-state index in [1.54, 1.807) is 13.2 Å². The van der Waals surface area contributed by atoms with Crippen molar-refractivity contribution in [2.75, 3.05) is 31.2 Å². The number of hydrogen-bond acceptors (Lipinski definition) is 5. The zero-order valence-corrected chi connectivity index (χ0v) is 13.1. The smallest absolute Gasteiger partial charge is 0.332 e. The fraction of sp³-hybridized carbons (Fsp3) is 0.533. The van der Waals surface area contributed by atoms with E-state index in [2.05, 4.69) is 9.88 Å². The molecule has 0 radical (unpaired) electrons. The highest BCUT2D eigenvalue weighted by Crippen LogP contribution is 2.27. The first-order chi connectivity index (χ1) is 10.6. The first kappa shape index (κ1) is 14.8. The first-order valence-electron chi connectivity index (χ1n) is 7.46. The van der Waals surface area contributed by atoms with Crippen LogP contribution in [0.5, 0.6) is 0 Å². The Balaban J connectivity index is 2.41. The van der Waals surface area contributed by atoms with Crippen molar-refractivity contribution < 1.29 is 4.74 Å². The molecular weight excluding hydrogens is 284 g/mol. The molecule has 0 amide bonds. The summed E-state index contributed by atoms with van der Waals surface area (Å²) >= 11 is 0. The predicted molar refractivity (Wildman–Crippen MR) is 84.6 cm³/mol. The summed E-state index contributed by atoms with van der Waals surface area (Å²) in [6.07, 6.45) is 2.55. The van der Waals surface area contributed by atoms with Crippen molar-refractivity contribution in [2.45, 2.75) is 13.3 Å². The number of rotatable bonds is 2. The van der Waals surface area contributed by atoms with Gasteiger partial charge in [0.25, 0.3) is 5.56 Å². The van der Waals surface area contributed by atoms with Crippen molar-refractivity contribution in [1.82, 2.24) is 14.1 Å². The molecule has 0 aliphatic carbocycles. The van der Waals surface area contributed by atoms with E-state index in [0.29, 0.717) is 24.2 Å². The van der Waals surface area contributed by atoms with Gasteiger partial charge in [0.2, 0.25) is 0 Å². The Hall–Kier alpha value is -2.15. The Morgan fingerprint density at radius 3 is 2.50 bits per heavy atom. The van der Waals surface area contributed by atoms with E-state index >= 15 is 0 Å². The Morgan fingerprint density at radius 1 is 1.18 bits per heavy atom. The highest BCUT2D eigenvalue weighted by Gasteiger charge is 2.22. The van der Waals surface area contributed by atoms with E-state index in [1.165, 1.54) is 11.6 Å². The van der Waals surface area contributed by atoms with Gasteiger partial charge in [-0.05, 0) is 12.0 Å². The third-order valence-electron chi connectivity index (χ3n) is 4.23. The molecule has 0 spiro atoms. The highest BCUT2D eigenvalue weighted by molar-refractivity contribution is 5.90. The van der Waals surface area contributed by atoms with Crippen LogP contribution in [0.25, 0.3) is 11.0 Å². The van der Waals surface area contributed by atoms with Crippen molar-refractivity contribution in [3.63, 3.8) is 0 Å². The Bertz CT molecular complexity index is 831. The summed E-state index contributed by atoms with van der Waals surface area (Å²) in [6.45, 7) is 4.79. The lowest BCUT2D eigenvalue weighted by Gasteiger charge is -2.31. The summed E-state index contributed by atoms with van der Waals surface area (Å²) in [5.41, 5.74) is 1.70. The first-order valence-corrected chi connectivity index (χ1v) is 7.46. The van der Waals surface area contributed by atoms with Gasteiger partial charge in [-0.25, -0.2) is 9.78 Å². The van der Waals surface area contributed by atoms with Crippen molar-refractivity contribution in [3.05, 3.63) is 32.6 Å². The van der Waals surface area contributed by atoms with Crippen LogP contribution in [0.3, 0.4) is 0 Å². The summed E-state index contributed by atoms with van der Waals surface area (Å²) in [6, 6.07) is 0. The highest BCUT2D eigenvalue weighted by atomic mass is 16.5. The van der Waals surface area contributed by atoms with Crippen molar-refractivity contribution in [1.29, 1.82) is 0 Å². The Kier molecular flexibility index (Phi) is 3.74. The number of pyridine rings is 1.